The Morgan fingerprint density at radius 3 is 2.45 bits per heavy atom. The van der Waals surface area contributed by atoms with Crippen molar-refractivity contribution in [1.82, 2.24) is 15.1 Å². The Morgan fingerprint density at radius 2 is 1.77 bits per heavy atom. The Labute approximate surface area is 180 Å². The van der Waals surface area contributed by atoms with Crippen molar-refractivity contribution in [3.8, 4) is 0 Å². The molecule has 0 atom stereocenters. The number of aromatic nitrogens is 2. The van der Waals surface area contributed by atoms with Crippen LogP contribution in [0.4, 0.5) is 5.69 Å². The molecule has 2 amide bonds. The Bertz CT molecular complexity index is 1080. The van der Waals surface area contributed by atoms with Crippen molar-refractivity contribution in [2.24, 2.45) is 0 Å². The van der Waals surface area contributed by atoms with Crippen molar-refractivity contribution in [3.63, 3.8) is 0 Å². The average molecular weight is 416 g/mol. The Hall–Kier alpha value is -3.58. The summed E-state index contributed by atoms with van der Waals surface area (Å²) in [6.07, 6.45) is 2.45. The zero-order valence-electron chi connectivity index (χ0n) is 17.3. The smallest absolute Gasteiger partial charge is 0.276 e. The maximum Gasteiger partial charge on any atom is 0.276 e. The number of carbonyl (C=O) groups excluding carboxylic acids is 2. The minimum absolute atomic E-state index is 0.120. The molecule has 0 spiro atoms. The molecular formula is C24H24N4O3. The number of nitrogens with one attached hydrogen (secondary N) is 1. The molecule has 4 rings (SSSR count). The van der Waals surface area contributed by atoms with Gasteiger partial charge in [-0.2, -0.15) is 5.10 Å². The van der Waals surface area contributed by atoms with Crippen LogP contribution in [0.2, 0.25) is 0 Å². The highest BCUT2D eigenvalue weighted by Crippen LogP contribution is 2.33. The molecule has 2 aromatic carbocycles. The summed E-state index contributed by atoms with van der Waals surface area (Å²) >= 11 is 0. The molecule has 7 heteroatoms. The third kappa shape index (κ3) is 4.46. The first-order chi connectivity index (χ1) is 15.0. The quantitative estimate of drug-likeness (QED) is 0.681. The molecule has 0 radical (unpaired) electrons. The van der Waals surface area contributed by atoms with E-state index in [-0.39, 0.29) is 17.5 Å². The maximum atomic E-state index is 13.1. The predicted octanol–water partition coefficient (Wildman–Crippen LogP) is 3.16. The van der Waals surface area contributed by atoms with E-state index in [1.165, 1.54) is 6.20 Å². The monoisotopic (exact) mass is 416 g/mol. The van der Waals surface area contributed by atoms with Gasteiger partial charge in [-0.05, 0) is 55.2 Å². The molecule has 0 saturated carbocycles. The lowest BCUT2D eigenvalue weighted by molar-refractivity contribution is -0.0211. The van der Waals surface area contributed by atoms with Crippen LogP contribution >= 0.6 is 0 Å². The van der Waals surface area contributed by atoms with Gasteiger partial charge in [-0.25, -0.2) is 0 Å². The largest absolute Gasteiger partial charge is 0.385 e. The van der Waals surface area contributed by atoms with Gasteiger partial charge in [0.05, 0.1) is 5.60 Å². The lowest BCUT2D eigenvalue weighted by Crippen LogP contribution is -2.45. The summed E-state index contributed by atoms with van der Waals surface area (Å²) in [5, 5.41) is 21.3. The molecule has 1 aromatic heterocycles. The standard InChI is InChI=1S/C24H24N4O3/c1-17-9-10-18(16-21(17)26-22(29)20-8-5-13-25-27-20)23(30)28-14-11-24(31,12-15-28)19-6-3-2-4-7-19/h2-10,13,16,31H,11-12,14-15H2,1H3,(H,26,29). The van der Waals surface area contributed by atoms with Crippen LogP contribution in [0.15, 0.2) is 66.9 Å². The Morgan fingerprint density at radius 1 is 1.03 bits per heavy atom. The molecule has 1 saturated heterocycles. The van der Waals surface area contributed by atoms with Gasteiger partial charge in [-0.3, -0.25) is 9.59 Å². The van der Waals surface area contributed by atoms with Gasteiger partial charge in [0.1, 0.15) is 0 Å². The van der Waals surface area contributed by atoms with Gasteiger partial charge in [0, 0.05) is 30.5 Å². The van der Waals surface area contributed by atoms with Crippen LogP contribution in [0.25, 0.3) is 0 Å². The third-order valence-electron chi connectivity index (χ3n) is 5.73. The summed E-state index contributed by atoms with van der Waals surface area (Å²) < 4.78 is 0. The van der Waals surface area contributed by atoms with E-state index in [1.54, 1.807) is 29.2 Å². The first-order valence-corrected chi connectivity index (χ1v) is 10.2. The number of aryl methyl sites for hydroxylation is 1. The normalized spacial score (nSPS) is 15.4. The summed E-state index contributed by atoms with van der Waals surface area (Å²) in [7, 11) is 0. The lowest BCUT2D eigenvalue weighted by Gasteiger charge is -2.38. The molecule has 0 aliphatic carbocycles. The van der Waals surface area contributed by atoms with Crippen LogP contribution in [0.3, 0.4) is 0 Å². The maximum absolute atomic E-state index is 13.1. The van der Waals surface area contributed by atoms with Crippen molar-refractivity contribution in [3.05, 3.63) is 89.2 Å². The number of hydrogen-bond acceptors (Lipinski definition) is 5. The fourth-order valence-electron chi connectivity index (χ4n) is 3.80. The molecule has 0 unspecified atom stereocenters. The average Bonchev–Trinajstić information content (AvgIpc) is 2.81. The van der Waals surface area contributed by atoms with Crippen LogP contribution in [0, 0.1) is 6.92 Å². The van der Waals surface area contributed by atoms with Gasteiger partial charge in [0.25, 0.3) is 11.8 Å². The summed E-state index contributed by atoms with van der Waals surface area (Å²) in [6.45, 7) is 2.78. The van der Waals surface area contributed by atoms with E-state index in [4.69, 9.17) is 0 Å². The molecule has 7 nitrogen and oxygen atoms in total. The molecule has 1 aliphatic heterocycles. The number of likely N-dealkylation sites (tertiary alicyclic amines) is 1. The Balaban J connectivity index is 1.46. The lowest BCUT2D eigenvalue weighted by atomic mass is 9.84. The van der Waals surface area contributed by atoms with Gasteiger partial charge < -0.3 is 15.3 Å². The molecule has 0 bridgehead atoms. The Kier molecular flexibility index (Phi) is 5.77. The number of aliphatic hydroxyl groups is 1. The molecule has 3 aromatic rings. The van der Waals surface area contributed by atoms with E-state index in [0.29, 0.717) is 37.2 Å². The van der Waals surface area contributed by atoms with E-state index < -0.39 is 5.60 Å². The molecule has 31 heavy (non-hydrogen) atoms. The summed E-state index contributed by atoms with van der Waals surface area (Å²) in [4.78, 5) is 27.2. The van der Waals surface area contributed by atoms with E-state index in [0.717, 1.165) is 11.1 Å². The first kappa shape index (κ1) is 20.7. The topological polar surface area (TPSA) is 95.4 Å². The highest BCUT2D eigenvalue weighted by Gasteiger charge is 2.35. The van der Waals surface area contributed by atoms with E-state index in [1.807, 2.05) is 43.3 Å². The zero-order chi connectivity index (χ0) is 21.8. The van der Waals surface area contributed by atoms with Crippen LogP contribution in [0.5, 0.6) is 0 Å². The zero-order valence-corrected chi connectivity index (χ0v) is 17.3. The number of hydrogen-bond donors (Lipinski definition) is 2. The first-order valence-electron chi connectivity index (χ1n) is 10.2. The number of nitrogens with zero attached hydrogens (tertiary/aromatic N) is 3. The molecule has 2 heterocycles. The van der Waals surface area contributed by atoms with Gasteiger partial charge in [-0.1, -0.05) is 36.4 Å². The van der Waals surface area contributed by atoms with Gasteiger partial charge in [-0.15, -0.1) is 5.10 Å². The van der Waals surface area contributed by atoms with Crippen molar-refractivity contribution in [2.75, 3.05) is 18.4 Å². The summed E-state index contributed by atoms with van der Waals surface area (Å²) in [5.41, 5.74) is 2.05. The van der Waals surface area contributed by atoms with E-state index in [2.05, 4.69) is 15.5 Å². The molecular weight excluding hydrogens is 392 g/mol. The van der Waals surface area contributed by atoms with Crippen LogP contribution in [-0.2, 0) is 5.60 Å². The van der Waals surface area contributed by atoms with Crippen LogP contribution in [0.1, 0.15) is 44.8 Å². The number of piperidine rings is 1. The molecule has 1 fully saturated rings. The highest BCUT2D eigenvalue weighted by molar-refractivity contribution is 6.04. The second kappa shape index (κ2) is 8.65. The van der Waals surface area contributed by atoms with Gasteiger partial charge >= 0.3 is 0 Å². The molecule has 1 aliphatic rings. The number of rotatable bonds is 4. The van der Waals surface area contributed by atoms with Crippen molar-refractivity contribution < 1.29 is 14.7 Å². The van der Waals surface area contributed by atoms with Gasteiger partial charge in [0.15, 0.2) is 5.69 Å². The summed E-state index contributed by atoms with van der Waals surface area (Å²) in [6, 6.07) is 18.1. The third-order valence-corrected chi connectivity index (χ3v) is 5.73. The molecule has 2 N–H and O–H groups in total. The van der Waals surface area contributed by atoms with Crippen molar-refractivity contribution >= 4 is 17.5 Å². The fraction of sp³-hybridized carbons (Fsp3) is 0.250. The van der Waals surface area contributed by atoms with Crippen molar-refractivity contribution in [2.45, 2.75) is 25.4 Å². The second-order valence-electron chi connectivity index (χ2n) is 7.78. The van der Waals surface area contributed by atoms with Crippen LogP contribution in [-0.4, -0.2) is 45.1 Å². The number of anilines is 1. The van der Waals surface area contributed by atoms with Crippen molar-refractivity contribution in [1.29, 1.82) is 0 Å². The minimum Gasteiger partial charge on any atom is -0.385 e. The second-order valence-corrected chi connectivity index (χ2v) is 7.78. The number of carbonyl (C=O) groups is 2. The number of benzene rings is 2. The van der Waals surface area contributed by atoms with E-state index >= 15 is 0 Å². The van der Waals surface area contributed by atoms with Crippen LogP contribution < -0.4 is 5.32 Å². The fourth-order valence-corrected chi connectivity index (χ4v) is 3.80. The predicted molar refractivity (Wildman–Crippen MR) is 117 cm³/mol. The minimum atomic E-state index is -0.916. The summed E-state index contributed by atoms with van der Waals surface area (Å²) in [5.74, 6) is -0.503. The molecule has 158 valence electrons. The van der Waals surface area contributed by atoms with Gasteiger partial charge in [0.2, 0.25) is 0 Å². The highest BCUT2D eigenvalue weighted by atomic mass is 16.3. The van der Waals surface area contributed by atoms with E-state index in [9.17, 15) is 14.7 Å². The number of amides is 2. The SMILES string of the molecule is Cc1ccc(C(=O)N2CCC(O)(c3ccccc3)CC2)cc1NC(=O)c1cccnn1.